The first-order valence-electron chi connectivity index (χ1n) is 5.73. The molecule has 0 aliphatic carbocycles. The summed E-state index contributed by atoms with van der Waals surface area (Å²) in [4.78, 5) is -0.548. The molecule has 2 aromatic rings. The van der Waals surface area contributed by atoms with E-state index in [9.17, 15) is 21.0 Å². The average Bonchev–Trinajstić information content (AvgIpc) is 2.48. The summed E-state index contributed by atoms with van der Waals surface area (Å²) in [5.41, 5.74) is 0. The van der Waals surface area contributed by atoms with Gasteiger partial charge < -0.3 is 0 Å². The van der Waals surface area contributed by atoms with Crippen LogP contribution in [0.25, 0.3) is 0 Å². The molecule has 0 fully saturated rings. The lowest BCUT2D eigenvalue weighted by molar-refractivity contribution is 0.436. The Kier molecular flexibility index (Phi) is 5.08. The largest absolute Gasteiger partial charge is 0.336 e. The molecule has 0 saturated heterocycles. The highest BCUT2D eigenvalue weighted by molar-refractivity contribution is 8.00. The molecule has 0 saturated carbocycles. The van der Waals surface area contributed by atoms with Gasteiger partial charge in [0.05, 0.1) is 9.79 Å². The second-order valence-electron chi connectivity index (χ2n) is 3.87. The Bertz CT molecular complexity index is 786. The van der Waals surface area contributed by atoms with Gasteiger partial charge in [-0.05, 0) is 24.3 Å². The van der Waals surface area contributed by atoms with Crippen LogP contribution in [0.3, 0.4) is 0 Å². The fourth-order valence-corrected chi connectivity index (χ4v) is 4.49. The van der Waals surface area contributed by atoms with E-state index in [0.717, 1.165) is 0 Å². The third kappa shape index (κ3) is 4.21. The van der Waals surface area contributed by atoms with Crippen molar-refractivity contribution in [1.29, 1.82) is 0 Å². The second-order valence-corrected chi connectivity index (χ2v) is 8.13. The maximum Gasteiger partial charge on any atom is 0.336 e. The summed E-state index contributed by atoms with van der Waals surface area (Å²) in [5.74, 6) is 0. The molecule has 0 heterocycles. The summed E-state index contributed by atoms with van der Waals surface area (Å²) in [5, 5.41) is 0. The Labute approximate surface area is 130 Å². The van der Waals surface area contributed by atoms with Gasteiger partial charge in [-0.2, -0.15) is 21.0 Å². The molecule has 22 heavy (non-hydrogen) atoms. The van der Waals surface area contributed by atoms with Crippen molar-refractivity contribution in [3.05, 3.63) is 60.7 Å². The zero-order valence-corrected chi connectivity index (χ0v) is 13.3. The molecule has 0 amide bonds. The topological polar surface area (TPSA) is 104 Å². The molecule has 2 aromatic carbocycles. The first kappa shape index (κ1) is 16.8. The number of rotatable bonds is 6. The maximum absolute atomic E-state index is 11.8. The molecule has 0 aliphatic heterocycles. The SMILES string of the molecule is O=S(OS(=O)(=O)c1ccccc1)OS(=O)(=O)c1ccccc1. The highest BCUT2D eigenvalue weighted by atomic mass is 32.3. The van der Waals surface area contributed by atoms with Crippen molar-refractivity contribution in [2.24, 2.45) is 0 Å². The van der Waals surface area contributed by atoms with Crippen LogP contribution >= 0.6 is 0 Å². The van der Waals surface area contributed by atoms with Gasteiger partial charge in [0.1, 0.15) is 0 Å². The van der Waals surface area contributed by atoms with Crippen molar-refractivity contribution >= 4 is 31.6 Å². The molecule has 0 spiro atoms. The Morgan fingerprint density at radius 1 is 0.636 bits per heavy atom. The second kappa shape index (κ2) is 6.67. The lowest BCUT2D eigenvalue weighted by Gasteiger charge is -2.05. The zero-order valence-electron chi connectivity index (χ0n) is 10.9. The first-order valence-corrected chi connectivity index (χ1v) is 9.55. The van der Waals surface area contributed by atoms with E-state index in [1.54, 1.807) is 12.1 Å². The molecule has 0 radical (unpaired) electrons. The van der Waals surface area contributed by atoms with E-state index >= 15 is 0 Å². The quantitative estimate of drug-likeness (QED) is 0.764. The van der Waals surface area contributed by atoms with Gasteiger partial charge >= 0.3 is 31.6 Å². The highest BCUT2D eigenvalue weighted by Gasteiger charge is 2.25. The summed E-state index contributed by atoms with van der Waals surface area (Å²) in [6.07, 6.45) is 0. The monoisotopic (exact) mass is 362 g/mol. The van der Waals surface area contributed by atoms with Crippen LogP contribution in [0.4, 0.5) is 0 Å². The Hall–Kier alpha value is -1.59. The summed E-state index contributed by atoms with van der Waals surface area (Å²) < 4.78 is 67.1. The predicted octanol–water partition coefficient (Wildman–Crippen LogP) is 1.38. The molecule has 2 rings (SSSR count). The van der Waals surface area contributed by atoms with Crippen molar-refractivity contribution in [1.82, 2.24) is 0 Å². The van der Waals surface area contributed by atoms with Gasteiger partial charge in [0, 0.05) is 0 Å². The predicted molar refractivity (Wildman–Crippen MR) is 77.6 cm³/mol. The Balaban J connectivity index is 2.14. The van der Waals surface area contributed by atoms with Crippen molar-refractivity contribution < 1.29 is 28.3 Å². The van der Waals surface area contributed by atoms with Gasteiger partial charge in [-0.3, -0.25) is 0 Å². The van der Waals surface area contributed by atoms with Crippen LogP contribution in [0.1, 0.15) is 0 Å². The molecule has 0 aliphatic rings. The summed E-state index contributed by atoms with van der Waals surface area (Å²) >= 11 is -3.04. The summed E-state index contributed by atoms with van der Waals surface area (Å²) in [6.45, 7) is 0. The number of benzene rings is 2. The van der Waals surface area contributed by atoms with Crippen molar-refractivity contribution in [2.45, 2.75) is 9.79 Å². The normalized spacial score (nSPS) is 12.4. The van der Waals surface area contributed by atoms with E-state index in [4.69, 9.17) is 0 Å². The van der Waals surface area contributed by atoms with Gasteiger partial charge in [0.2, 0.25) is 0 Å². The van der Waals surface area contributed by atoms with Crippen molar-refractivity contribution in [3.63, 3.8) is 0 Å². The molecule has 118 valence electrons. The van der Waals surface area contributed by atoms with Gasteiger partial charge in [0.25, 0.3) is 0 Å². The Morgan fingerprint density at radius 2 is 0.955 bits per heavy atom. The van der Waals surface area contributed by atoms with Gasteiger partial charge in [-0.15, -0.1) is 7.26 Å². The first-order chi connectivity index (χ1) is 10.3. The standard InChI is InChI=1S/C12H10O7S3/c13-20(18-21(14,15)11-7-3-1-4-8-11)19-22(16,17)12-9-5-2-6-10-12/h1-10H. The number of hydrogen-bond acceptors (Lipinski definition) is 7. The minimum Gasteiger partial charge on any atom is -0.195 e. The van der Waals surface area contributed by atoms with Crippen LogP contribution in [0.15, 0.2) is 70.5 Å². The minimum atomic E-state index is -4.40. The van der Waals surface area contributed by atoms with E-state index in [1.807, 2.05) is 0 Å². The molecular formula is C12H10O7S3. The third-order valence-electron chi connectivity index (χ3n) is 2.35. The van der Waals surface area contributed by atoms with Gasteiger partial charge in [-0.25, -0.2) is 0 Å². The molecule has 0 bridgehead atoms. The molecule has 7 nitrogen and oxygen atoms in total. The van der Waals surface area contributed by atoms with Crippen LogP contribution in [0.2, 0.25) is 0 Å². The highest BCUT2D eigenvalue weighted by Crippen LogP contribution is 2.17. The third-order valence-corrected chi connectivity index (χ3v) is 6.38. The zero-order chi connectivity index (χ0) is 16.2. The summed E-state index contributed by atoms with van der Waals surface area (Å²) in [7, 11) is -8.81. The van der Waals surface area contributed by atoms with Gasteiger partial charge in [-0.1, -0.05) is 36.4 Å². The molecule has 0 unspecified atom stereocenters. The molecular weight excluding hydrogens is 352 g/mol. The van der Waals surface area contributed by atoms with Crippen LogP contribution < -0.4 is 0 Å². The van der Waals surface area contributed by atoms with Crippen LogP contribution in [0, 0.1) is 0 Å². The van der Waals surface area contributed by atoms with Gasteiger partial charge in [0.15, 0.2) is 0 Å². The fraction of sp³-hybridized carbons (Fsp3) is 0. The van der Waals surface area contributed by atoms with Crippen molar-refractivity contribution in [3.8, 4) is 0 Å². The van der Waals surface area contributed by atoms with Crippen molar-refractivity contribution in [2.75, 3.05) is 0 Å². The van der Waals surface area contributed by atoms with Crippen LogP contribution in [0.5, 0.6) is 0 Å². The van der Waals surface area contributed by atoms with Crippen LogP contribution in [-0.4, -0.2) is 21.0 Å². The van der Waals surface area contributed by atoms with E-state index in [1.165, 1.54) is 48.5 Å². The molecule has 0 atom stereocenters. The molecule has 0 N–H and O–H groups in total. The maximum atomic E-state index is 11.8. The van der Waals surface area contributed by atoms with E-state index < -0.39 is 31.6 Å². The van der Waals surface area contributed by atoms with E-state index in [-0.39, 0.29) is 9.79 Å². The van der Waals surface area contributed by atoms with E-state index in [2.05, 4.69) is 7.26 Å². The fourth-order valence-electron chi connectivity index (χ4n) is 1.41. The molecule has 10 heteroatoms. The van der Waals surface area contributed by atoms with E-state index in [0.29, 0.717) is 0 Å². The number of hydrogen-bond donors (Lipinski definition) is 0. The minimum absolute atomic E-state index is 0.274. The lowest BCUT2D eigenvalue weighted by atomic mass is 10.4. The summed E-state index contributed by atoms with van der Waals surface area (Å²) in [6, 6.07) is 13.7. The Morgan fingerprint density at radius 3 is 1.27 bits per heavy atom. The average molecular weight is 362 g/mol. The van der Waals surface area contributed by atoms with Crippen LogP contribution in [-0.2, 0) is 38.9 Å². The smallest absolute Gasteiger partial charge is 0.195 e. The molecule has 0 aromatic heterocycles. The lowest BCUT2D eigenvalue weighted by Crippen LogP contribution is -2.15.